The predicted molar refractivity (Wildman–Crippen MR) is 105 cm³/mol. The van der Waals surface area contributed by atoms with Crippen molar-refractivity contribution in [3.63, 3.8) is 0 Å². The highest BCUT2D eigenvalue weighted by Crippen LogP contribution is 2.24. The van der Waals surface area contributed by atoms with Gasteiger partial charge in [-0.3, -0.25) is 9.36 Å². The largest absolute Gasteiger partial charge is 0.443 e. The molecule has 0 radical (unpaired) electrons. The van der Waals surface area contributed by atoms with Gasteiger partial charge in [0.15, 0.2) is 5.78 Å². The average Bonchev–Trinajstić information content (AvgIpc) is 3.16. The number of carbonyl (C=O) groups is 1. The second kappa shape index (κ2) is 7.84. The topological polar surface area (TPSA) is 96.5 Å². The predicted octanol–water partition coefficient (Wildman–Crippen LogP) is 3.64. The minimum atomic E-state index is -0.543. The SMILES string of the molecule is CC(=O)c1ccc(-c2cccc(CO[C@@H]3COc4nc([N+](=O)[O-])cn4C3)c2)cc1. The molecule has 2 aromatic carbocycles. The quantitative estimate of drug-likeness (QED) is 0.360. The number of rotatable bonds is 6. The summed E-state index contributed by atoms with van der Waals surface area (Å²) in [6.07, 6.45) is 1.13. The molecule has 148 valence electrons. The molecule has 1 aromatic heterocycles. The van der Waals surface area contributed by atoms with E-state index < -0.39 is 4.92 Å². The molecule has 0 amide bonds. The first-order valence-electron chi connectivity index (χ1n) is 9.16. The summed E-state index contributed by atoms with van der Waals surface area (Å²) < 4.78 is 13.0. The second-order valence-corrected chi connectivity index (χ2v) is 6.87. The number of aromatic nitrogens is 2. The first-order valence-corrected chi connectivity index (χ1v) is 9.16. The Kier molecular flexibility index (Phi) is 5.09. The van der Waals surface area contributed by atoms with Gasteiger partial charge in [0.1, 0.15) is 18.9 Å². The molecule has 3 aromatic rings. The van der Waals surface area contributed by atoms with E-state index in [0.717, 1.165) is 16.7 Å². The number of ether oxygens (including phenoxy) is 2. The molecule has 0 aliphatic carbocycles. The van der Waals surface area contributed by atoms with E-state index in [-0.39, 0.29) is 23.7 Å². The van der Waals surface area contributed by atoms with Crippen LogP contribution in [0.1, 0.15) is 22.8 Å². The van der Waals surface area contributed by atoms with Crippen molar-refractivity contribution in [3.05, 3.63) is 76.0 Å². The van der Waals surface area contributed by atoms with E-state index in [0.29, 0.717) is 25.3 Å². The number of hydrogen-bond donors (Lipinski definition) is 0. The standard InChI is InChI=1S/C21H19N3O5/c1-14(25)16-5-7-17(8-6-16)18-4-2-3-15(9-18)12-28-19-10-23-11-20(24(26)27)22-21(23)29-13-19/h2-9,11,19H,10,12-13H2,1H3/t19-/m0/s1. The highest BCUT2D eigenvalue weighted by molar-refractivity contribution is 5.94. The lowest BCUT2D eigenvalue weighted by atomic mass is 10.0. The molecule has 0 fully saturated rings. The fraction of sp³-hybridized carbons (Fsp3) is 0.238. The fourth-order valence-corrected chi connectivity index (χ4v) is 3.21. The van der Waals surface area contributed by atoms with Gasteiger partial charge in [-0.2, -0.15) is 0 Å². The molecule has 29 heavy (non-hydrogen) atoms. The van der Waals surface area contributed by atoms with Crippen molar-refractivity contribution >= 4 is 11.6 Å². The van der Waals surface area contributed by atoms with Gasteiger partial charge >= 0.3 is 11.8 Å². The zero-order valence-electron chi connectivity index (χ0n) is 15.8. The molecular weight excluding hydrogens is 374 g/mol. The molecule has 0 bridgehead atoms. The van der Waals surface area contributed by atoms with Crippen LogP contribution < -0.4 is 4.74 Å². The summed E-state index contributed by atoms with van der Waals surface area (Å²) in [7, 11) is 0. The smallest absolute Gasteiger partial charge is 0.414 e. The number of fused-ring (bicyclic) bond motifs is 1. The van der Waals surface area contributed by atoms with E-state index in [1.54, 1.807) is 11.5 Å². The normalized spacial score (nSPS) is 15.4. The molecule has 8 nitrogen and oxygen atoms in total. The van der Waals surface area contributed by atoms with E-state index in [9.17, 15) is 14.9 Å². The van der Waals surface area contributed by atoms with E-state index >= 15 is 0 Å². The van der Waals surface area contributed by atoms with Crippen LogP contribution in [0.25, 0.3) is 11.1 Å². The molecular formula is C21H19N3O5. The van der Waals surface area contributed by atoms with Crippen molar-refractivity contribution < 1.29 is 19.2 Å². The third-order valence-corrected chi connectivity index (χ3v) is 4.75. The Labute approximate surface area is 166 Å². The number of imidazole rings is 1. The molecule has 0 unspecified atom stereocenters. The number of benzene rings is 2. The summed E-state index contributed by atoms with van der Waals surface area (Å²) in [6.45, 7) is 2.68. The monoisotopic (exact) mass is 393 g/mol. The van der Waals surface area contributed by atoms with Gasteiger partial charge in [0.05, 0.1) is 13.2 Å². The maximum atomic E-state index is 11.4. The van der Waals surface area contributed by atoms with E-state index in [2.05, 4.69) is 4.98 Å². The maximum absolute atomic E-state index is 11.4. The summed E-state index contributed by atoms with van der Waals surface area (Å²) >= 11 is 0. The molecule has 1 atom stereocenters. The Bertz CT molecular complexity index is 1060. The van der Waals surface area contributed by atoms with Crippen LogP contribution in [-0.2, 0) is 17.9 Å². The summed E-state index contributed by atoms with van der Waals surface area (Å²) in [5, 5.41) is 10.8. The molecule has 1 aliphatic heterocycles. The van der Waals surface area contributed by atoms with E-state index in [1.807, 2.05) is 48.5 Å². The minimum Gasteiger partial charge on any atom is -0.443 e. The van der Waals surface area contributed by atoms with Gasteiger partial charge in [-0.15, -0.1) is 0 Å². The molecule has 0 saturated heterocycles. The highest BCUT2D eigenvalue weighted by atomic mass is 16.6. The van der Waals surface area contributed by atoms with Crippen LogP contribution in [0.15, 0.2) is 54.7 Å². The summed E-state index contributed by atoms with van der Waals surface area (Å²) in [5.74, 6) is -0.191. The van der Waals surface area contributed by atoms with Crippen LogP contribution in [0.3, 0.4) is 0 Å². The van der Waals surface area contributed by atoms with Crippen molar-refractivity contribution in [2.45, 2.75) is 26.2 Å². The van der Waals surface area contributed by atoms with Gasteiger partial charge in [-0.05, 0) is 34.6 Å². The maximum Gasteiger partial charge on any atom is 0.414 e. The molecule has 1 aliphatic rings. The van der Waals surface area contributed by atoms with Gasteiger partial charge in [0.25, 0.3) is 0 Å². The van der Waals surface area contributed by atoms with Crippen LogP contribution in [0.5, 0.6) is 6.01 Å². The van der Waals surface area contributed by atoms with Crippen LogP contribution in [0.2, 0.25) is 0 Å². The van der Waals surface area contributed by atoms with E-state index in [1.165, 1.54) is 6.20 Å². The summed E-state index contributed by atoms with van der Waals surface area (Å²) in [4.78, 5) is 25.6. The number of Topliss-reactive ketones (excluding diaryl/α,β-unsaturated/α-hetero) is 1. The Morgan fingerprint density at radius 2 is 2.07 bits per heavy atom. The number of hydrogen-bond acceptors (Lipinski definition) is 6. The number of ketones is 1. The average molecular weight is 393 g/mol. The van der Waals surface area contributed by atoms with Crippen LogP contribution in [0, 0.1) is 10.1 Å². The van der Waals surface area contributed by atoms with Gasteiger partial charge in [-0.25, -0.2) is 0 Å². The van der Waals surface area contributed by atoms with Crippen LogP contribution in [-0.4, -0.2) is 33.0 Å². The Balaban J connectivity index is 1.41. The zero-order valence-corrected chi connectivity index (χ0v) is 15.8. The van der Waals surface area contributed by atoms with Crippen molar-refractivity contribution in [1.29, 1.82) is 0 Å². The van der Waals surface area contributed by atoms with Gasteiger partial charge in [0.2, 0.25) is 0 Å². The second-order valence-electron chi connectivity index (χ2n) is 6.87. The molecule has 0 spiro atoms. The lowest BCUT2D eigenvalue weighted by Gasteiger charge is -2.22. The van der Waals surface area contributed by atoms with Crippen molar-refractivity contribution in [3.8, 4) is 17.1 Å². The third-order valence-electron chi connectivity index (χ3n) is 4.75. The highest BCUT2D eigenvalue weighted by Gasteiger charge is 2.28. The van der Waals surface area contributed by atoms with Crippen molar-refractivity contribution in [1.82, 2.24) is 9.55 Å². The van der Waals surface area contributed by atoms with E-state index in [4.69, 9.17) is 9.47 Å². The van der Waals surface area contributed by atoms with Gasteiger partial charge < -0.3 is 19.6 Å². The summed E-state index contributed by atoms with van der Waals surface area (Å²) in [5.41, 5.74) is 3.74. The first-order chi connectivity index (χ1) is 14.0. The number of nitro groups is 1. The lowest BCUT2D eigenvalue weighted by molar-refractivity contribution is -0.389. The first kappa shape index (κ1) is 18.8. The molecule has 0 N–H and O–H groups in total. The zero-order chi connectivity index (χ0) is 20.4. The van der Waals surface area contributed by atoms with Crippen molar-refractivity contribution in [2.75, 3.05) is 6.61 Å². The fourth-order valence-electron chi connectivity index (χ4n) is 3.21. The number of nitrogens with zero attached hydrogens (tertiary/aromatic N) is 3. The lowest BCUT2D eigenvalue weighted by Crippen LogP contribution is -2.32. The van der Waals surface area contributed by atoms with Gasteiger partial charge in [0, 0.05) is 10.5 Å². The van der Waals surface area contributed by atoms with Crippen molar-refractivity contribution in [2.24, 2.45) is 0 Å². The Hall–Kier alpha value is -3.52. The van der Waals surface area contributed by atoms with Crippen LogP contribution >= 0.6 is 0 Å². The van der Waals surface area contributed by atoms with Gasteiger partial charge in [-0.1, -0.05) is 42.5 Å². The molecule has 2 heterocycles. The van der Waals surface area contributed by atoms with Crippen LogP contribution in [0.4, 0.5) is 5.82 Å². The Morgan fingerprint density at radius 3 is 2.79 bits per heavy atom. The third kappa shape index (κ3) is 4.17. The molecule has 4 rings (SSSR count). The minimum absolute atomic E-state index is 0.0415. The Morgan fingerprint density at radius 1 is 1.28 bits per heavy atom. The molecule has 0 saturated carbocycles. The molecule has 8 heteroatoms. The summed E-state index contributed by atoms with van der Waals surface area (Å²) in [6, 6.07) is 15.7. The number of carbonyl (C=O) groups excluding carboxylic acids is 1.